The van der Waals surface area contributed by atoms with Gasteiger partial charge in [0.05, 0.1) is 29.8 Å². The number of piperidine rings is 1. The first-order valence-corrected chi connectivity index (χ1v) is 10.1. The average molecular weight is 452 g/mol. The van der Waals surface area contributed by atoms with Gasteiger partial charge in [-0.15, -0.1) is 0 Å². The summed E-state index contributed by atoms with van der Waals surface area (Å²) in [5.41, 5.74) is 0.724. The summed E-state index contributed by atoms with van der Waals surface area (Å²) in [4.78, 5) is 37.5. The summed E-state index contributed by atoms with van der Waals surface area (Å²) in [6, 6.07) is -1.08. The molecule has 2 aliphatic rings. The molecule has 32 heavy (non-hydrogen) atoms. The predicted octanol–water partition coefficient (Wildman–Crippen LogP) is 1.85. The van der Waals surface area contributed by atoms with E-state index in [-0.39, 0.29) is 35.6 Å². The molecule has 0 radical (unpaired) electrons. The van der Waals surface area contributed by atoms with Crippen LogP contribution in [0.1, 0.15) is 23.2 Å². The van der Waals surface area contributed by atoms with Crippen molar-refractivity contribution in [3.8, 4) is 0 Å². The first kappa shape index (κ1) is 22.1. The Balaban J connectivity index is 1.46. The number of fused-ring (bicyclic) bond motifs is 1. The molecule has 1 aliphatic heterocycles. The number of aromatic nitrogens is 3. The van der Waals surface area contributed by atoms with Gasteiger partial charge in [0.15, 0.2) is 5.65 Å². The highest BCUT2D eigenvalue weighted by atomic mass is 19.4. The third-order valence-corrected chi connectivity index (χ3v) is 5.83. The minimum Gasteiger partial charge on any atom is -0.377 e. The molecule has 0 aromatic carbocycles. The minimum atomic E-state index is -4.32. The number of carbonyl (C=O) groups is 2. The van der Waals surface area contributed by atoms with Gasteiger partial charge in [-0.05, 0) is 18.9 Å². The van der Waals surface area contributed by atoms with Crippen LogP contribution < -0.4 is 10.6 Å². The number of nitrogens with one attached hydrogen (secondary N) is 3. The van der Waals surface area contributed by atoms with Crippen molar-refractivity contribution < 1.29 is 27.5 Å². The summed E-state index contributed by atoms with van der Waals surface area (Å²) in [5.74, 6) is -1.92. The van der Waals surface area contributed by atoms with Crippen LogP contribution in [0, 0.1) is 5.92 Å². The number of aromatic amines is 1. The number of amides is 2. The highest BCUT2D eigenvalue weighted by Crippen LogP contribution is 2.44. The highest BCUT2D eigenvalue weighted by Gasteiger charge is 2.56. The maximum atomic E-state index is 12.7. The third-order valence-electron chi connectivity index (χ3n) is 5.83. The molecule has 0 spiro atoms. The predicted molar refractivity (Wildman–Crippen MR) is 109 cm³/mol. The first-order valence-electron chi connectivity index (χ1n) is 10.1. The zero-order valence-corrected chi connectivity index (χ0v) is 17.3. The third kappa shape index (κ3) is 4.40. The Hall–Kier alpha value is -3.15. The van der Waals surface area contributed by atoms with Crippen molar-refractivity contribution in [2.45, 2.75) is 37.2 Å². The fourth-order valence-electron chi connectivity index (χ4n) is 3.94. The monoisotopic (exact) mass is 452 g/mol. The van der Waals surface area contributed by atoms with Gasteiger partial charge in [0.25, 0.3) is 5.91 Å². The number of methoxy groups -OCH3 is 1. The Bertz CT molecular complexity index is 1040. The lowest BCUT2D eigenvalue weighted by Crippen LogP contribution is -2.52. The Morgan fingerprint density at radius 3 is 2.81 bits per heavy atom. The van der Waals surface area contributed by atoms with E-state index < -0.39 is 24.0 Å². The van der Waals surface area contributed by atoms with E-state index in [1.165, 1.54) is 18.5 Å². The van der Waals surface area contributed by atoms with Crippen molar-refractivity contribution in [1.29, 1.82) is 0 Å². The molecule has 4 atom stereocenters. The molecule has 9 nitrogen and oxygen atoms in total. The topological polar surface area (TPSA) is 112 Å². The number of rotatable bonds is 6. The fraction of sp³-hybridized carbons (Fsp3) is 0.500. The number of nitrogens with zero attached hydrogens (tertiary/aromatic N) is 3. The minimum absolute atomic E-state index is 0.123. The smallest absolute Gasteiger partial charge is 0.377 e. The number of hydrogen-bond donors (Lipinski definition) is 3. The number of halogens is 3. The second-order valence-corrected chi connectivity index (χ2v) is 7.92. The quantitative estimate of drug-likeness (QED) is 0.577. The van der Waals surface area contributed by atoms with Crippen molar-refractivity contribution in [2.75, 3.05) is 25.5 Å². The summed E-state index contributed by atoms with van der Waals surface area (Å²) < 4.78 is 43.7. The number of ether oxygens (including phenoxy) is 1. The number of anilines is 1. The van der Waals surface area contributed by atoms with E-state index in [0.29, 0.717) is 31.0 Å². The molecular weight excluding hydrogens is 429 g/mol. The van der Waals surface area contributed by atoms with Crippen LogP contribution in [0.25, 0.3) is 11.2 Å². The lowest BCUT2D eigenvalue weighted by Gasteiger charge is -2.37. The highest BCUT2D eigenvalue weighted by molar-refractivity contribution is 6.04. The Labute approximate surface area is 181 Å². The van der Waals surface area contributed by atoms with Crippen molar-refractivity contribution in [3.63, 3.8) is 0 Å². The molecular formula is C20H23F3N6O3. The van der Waals surface area contributed by atoms with E-state index in [4.69, 9.17) is 4.74 Å². The van der Waals surface area contributed by atoms with E-state index in [1.54, 1.807) is 12.0 Å². The molecule has 4 rings (SSSR count). The molecule has 1 saturated heterocycles. The maximum absolute atomic E-state index is 12.7. The summed E-state index contributed by atoms with van der Waals surface area (Å²) in [5, 5.41) is 5.64. The molecule has 3 heterocycles. The molecule has 0 unspecified atom stereocenters. The number of likely N-dealkylation sites (tertiary alicyclic amines) is 1. The van der Waals surface area contributed by atoms with Gasteiger partial charge in [-0.3, -0.25) is 9.59 Å². The summed E-state index contributed by atoms with van der Waals surface area (Å²) >= 11 is 0. The number of hydrogen-bond acceptors (Lipinski definition) is 6. The van der Waals surface area contributed by atoms with E-state index in [2.05, 4.69) is 32.2 Å². The van der Waals surface area contributed by atoms with E-state index in [9.17, 15) is 22.8 Å². The van der Waals surface area contributed by atoms with Crippen LogP contribution in [-0.2, 0) is 9.53 Å². The molecule has 3 N–H and O–H groups in total. The second kappa shape index (κ2) is 8.41. The summed E-state index contributed by atoms with van der Waals surface area (Å²) in [6.07, 6.45) is -0.00894. The number of carbonyl (C=O) groups excluding carboxylic acids is 2. The molecule has 1 saturated carbocycles. The average Bonchev–Trinajstić information content (AvgIpc) is 3.42. The van der Waals surface area contributed by atoms with E-state index in [1.807, 2.05) is 0 Å². The van der Waals surface area contributed by atoms with E-state index >= 15 is 0 Å². The fourth-order valence-corrected chi connectivity index (χ4v) is 3.94. The Kier molecular flexibility index (Phi) is 5.80. The summed E-state index contributed by atoms with van der Waals surface area (Å²) in [6.45, 7) is 4.40. The Morgan fingerprint density at radius 1 is 1.38 bits per heavy atom. The van der Waals surface area contributed by atoms with Crippen LogP contribution in [0.5, 0.6) is 0 Å². The van der Waals surface area contributed by atoms with Gasteiger partial charge in [0.1, 0.15) is 11.3 Å². The van der Waals surface area contributed by atoms with Crippen LogP contribution >= 0.6 is 0 Å². The van der Waals surface area contributed by atoms with Crippen LogP contribution in [0.2, 0.25) is 0 Å². The normalized spacial score (nSPS) is 25.4. The zero-order valence-electron chi connectivity index (χ0n) is 17.3. The molecule has 12 heteroatoms. The second-order valence-electron chi connectivity index (χ2n) is 7.92. The van der Waals surface area contributed by atoms with Gasteiger partial charge in [-0.1, -0.05) is 6.58 Å². The van der Waals surface area contributed by atoms with Gasteiger partial charge in [0, 0.05) is 32.4 Å². The van der Waals surface area contributed by atoms with Crippen molar-refractivity contribution >= 4 is 28.8 Å². The zero-order chi connectivity index (χ0) is 23.0. The lowest BCUT2D eigenvalue weighted by atomic mass is 10.0. The standard InChI is InChI=1S/C20H23F3N6O3/c1-3-16(30)29-5-4-12(14(9-29)32-2)26-15-8-25-18-17(28-15)10(7-24-18)19(31)27-13-6-11(13)20(21,22)23/h3,7-8,11-14H,1,4-6,9H2,2H3,(H,24,25)(H,26,28)(H,27,31)/t11-,12+,13-,14-/m1/s1. The van der Waals surface area contributed by atoms with Crippen molar-refractivity contribution in [2.24, 2.45) is 5.92 Å². The Morgan fingerprint density at radius 2 is 2.16 bits per heavy atom. The first-order chi connectivity index (χ1) is 15.2. The van der Waals surface area contributed by atoms with Crippen molar-refractivity contribution in [1.82, 2.24) is 25.2 Å². The number of H-pyrrole nitrogens is 1. The van der Waals surface area contributed by atoms with Gasteiger partial charge in [-0.25, -0.2) is 9.97 Å². The molecule has 1 aliphatic carbocycles. The number of alkyl halides is 3. The van der Waals surface area contributed by atoms with Gasteiger partial charge in [0.2, 0.25) is 5.91 Å². The summed E-state index contributed by atoms with van der Waals surface area (Å²) in [7, 11) is 1.55. The largest absolute Gasteiger partial charge is 0.393 e. The van der Waals surface area contributed by atoms with Gasteiger partial charge >= 0.3 is 6.18 Å². The SMILES string of the molecule is C=CC(=O)N1CC[C@H](Nc2cnc3[nH]cc(C(=O)N[C@@H]4C[C@H]4C(F)(F)F)c3n2)[C@H](OC)C1. The molecule has 2 fully saturated rings. The molecule has 172 valence electrons. The van der Waals surface area contributed by atoms with Crippen LogP contribution in [0.15, 0.2) is 25.0 Å². The van der Waals surface area contributed by atoms with Crippen LogP contribution in [0.4, 0.5) is 19.0 Å². The van der Waals surface area contributed by atoms with Crippen LogP contribution in [-0.4, -0.2) is 76.2 Å². The molecule has 2 amide bonds. The lowest BCUT2D eigenvalue weighted by molar-refractivity contribution is -0.148. The van der Waals surface area contributed by atoms with Crippen molar-refractivity contribution in [3.05, 3.63) is 30.6 Å². The maximum Gasteiger partial charge on any atom is 0.393 e. The molecule has 0 bridgehead atoms. The van der Waals surface area contributed by atoms with E-state index in [0.717, 1.165) is 0 Å². The van der Waals surface area contributed by atoms with Crippen LogP contribution in [0.3, 0.4) is 0 Å². The molecule has 2 aromatic heterocycles. The van der Waals surface area contributed by atoms with Gasteiger partial charge < -0.3 is 25.3 Å². The van der Waals surface area contributed by atoms with Gasteiger partial charge in [-0.2, -0.15) is 13.2 Å². The molecule has 2 aromatic rings.